The van der Waals surface area contributed by atoms with Crippen LogP contribution in [0.1, 0.15) is 6.04 Å². The first-order valence-electron chi connectivity index (χ1n) is 9.30. The number of aliphatic hydroxyl groups is 2. The maximum absolute atomic E-state index is 13.4. The monoisotopic (exact) mass is 406 g/mol. The molecule has 0 bridgehead atoms. The van der Waals surface area contributed by atoms with Crippen LogP contribution in [0.2, 0.25) is 0 Å². The molecule has 2 heterocycles. The molecule has 152 valence electrons. The summed E-state index contributed by atoms with van der Waals surface area (Å²) in [5.74, 6) is 0.231. The Kier molecular flexibility index (Phi) is 5.78. The number of ether oxygens (including phenoxy) is 1. The van der Waals surface area contributed by atoms with Crippen LogP contribution in [-0.4, -0.2) is 42.9 Å². The second-order valence-electron chi connectivity index (χ2n) is 6.51. The Morgan fingerprint density at radius 3 is 2.37 bits per heavy atom. The lowest BCUT2D eigenvalue weighted by atomic mass is 10.1. The topological polar surface area (TPSA) is 93.3 Å². The molecule has 0 aliphatic rings. The normalized spacial score (nSPS) is 11.1. The molecular formula is C22H19FN4O3. The predicted molar refractivity (Wildman–Crippen MR) is 108 cm³/mol. The molecule has 0 saturated heterocycles. The van der Waals surface area contributed by atoms with Crippen molar-refractivity contribution in [2.45, 2.75) is 6.04 Å². The molecule has 0 aliphatic heterocycles. The molecule has 2 aromatic heterocycles. The van der Waals surface area contributed by atoms with Crippen molar-refractivity contribution in [3.05, 3.63) is 79.0 Å². The van der Waals surface area contributed by atoms with Gasteiger partial charge in [-0.1, -0.05) is 18.2 Å². The fourth-order valence-electron chi connectivity index (χ4n) is 3.06. The number of halogens is 1. The van der Waals surface area contributed by atoms with E-state index in [-0.39, 0.29) is 25.0 Å². The molecular weight excluding hydrogens is 387 g/mol. The molecule has 0 spiro atoms. The third-order valence-corrected chi connectivity index (χ3v) is 4.55. The zero-order valence-electron chi connectivity index (χ0n) is 15.9. The number of nitrogens with zero attached hydrogens (tertiary/aromatic N) is 4. The van der Waals surface area contributed by atoms with Crippen LogP contribution in [0.25, 0.3) is 22.6 Å². The lowest BCUT2D eigenvalue weighted by molar-refractivity contribution is 0.155. The van der Waals surface area contributed by atoms with E-state index < -0.39 is 6.04 Å². The van der Waals surface area contributed by atoms with E-state index in [0.717, 1.165) is 0 Å². The highest BCUT2D eigenvalue weighted by atomic mass is 19.1. The van der Waals surface area contributed by atoms with Crippen LogP contribution in [-0.2, 0) is 0 Å². The molecule has 0 saturated carbocycles. The molecule has 4 rings (SSSR count). The molecule has 4 aromatic rings. The predicted octanol–water partition coefficient (Wildman–Crippen LogP) is 3.46. The second-order valence-corrected chi connectivity index (χ2v) is 6.51. The van der Waals surface area contributed by atoms with Crippen LogP contribution < -0.4 is 4.74 Å². The summed E-state index contributed by atoms with van der Waals surface area (Å²) in [6.45, 7) is -0.581. The maximum atomic E-state index is 13.4. The molecule has 2 N–H and O–H groups in total. The summed E-state index contributed by atoms with van der Waals surface area (Å²) < 4.78 is 20.8. The van der Waals surface area contributed by atoms with Gasteiger partial charge in [-0.25, -0.2) is 14.4 Å². The summed E-state index contributed by atoms with van der Waals surface area (Å²) in [5.41, 5.74) is 2.24. The number of imidazole rings is 1. The lowest BCUT2D eigenvalue weighted by Crippen LogP contribution is -2.17. The molecule has 7 nitrogen and oxygen atoms in total. The van der Waals surface area contributed by atoms with Gasteiger partial charge in [0.1, 0.15) is 11.6 Å². The van der Waals surface area contributed by atoms with Crippen LogP contribution >= 0.6 is 0 Å². The fourth-order valence-corrected chi connectivity index (χ4v) is 3.06. The number of hydrogen-bond acceptors (Lipinski definition) is 6. The Morgan fingerprint density at radius 2 is 1.67 bits per heavy atom. The fraction of sp³-hybridized carbons (Fsp3) is 0.136. The summed E-state index contributed by atoms with van der Waals surface area (Å²) in [4.78, 5) is 13.1. The van der Waals surface area contributed by atoms with Crippen molar-refractivity contribution in [3.63, 3.8) is 0 Å². The van der Waals surface area contributed by atoms with Gasteiger partial charge >= 0.3 is 6.01 Å². The summed E-state index contributed by atoms with van der Waals surface area (Å²) in [7, 11) is 0. The first kappa shape index (κ1) is 19.7. The zero-order chi connectivity index (χ0) is 20.9. The van der Waals surface area contributed by atoms with E-state index in [1.165, 1.54) is 18.5 Å². The van der Waals surface area contributed by atoms with E-state index in [1.54, 1.807) is 41.1 Å². The van der Waals surface area contributed by atoms with Gasteiger partial charge in [-0.2, -0.15) is 4.98 Å². The minimum Gasteiger partial charge on any atom is -0.424 e. The van der Waals surface area contributed by atoms with Gasteiger partial charge in [0.2, 0.25) is 0 Å². The molecule has 0 unspecified atom stereocenters. The standard InChI is InChI=1S/C22H19FN4O3/c23-16-8-6-15(7-9-16)20-21(27(14-25-20)17(12-28)13-29)19-10-11-24-22(26-19)30-18-4-2-1-3-5-18/h1-11,14,17,28-29H,12-13H2. The Balaban J connectivity index is 1.81. The van der Waals surface area contributed by atoms with Crippen LogP contribution in [0.4, 0.5) is 4.39 Å². The van der Waals surface area contributed by atoms with Gasteiger partial charge in [0.05, 0.1) is 42.7 Å². The minimum absolute atomic E-state index is 0.140. The minimum atomic E-state index is -0.616. The molecule has 0 amide bonds. The maximum Gasteiger partial charge on any atom is 0.322 e. The highest BCUT2D eigenvalue weighted by Gasteiger charge is 2.21. The third kappa shape index (κ3) is 4.05. The molecule has 0 fully saturated rings. The molecule has 0 aliphatic carbocycles. The molecule has 2 aromatic carbocycles. The molecule has 30 heavy (non-hydrogen) atoms. The van der Waals surface area contributed by atoms with Gasteiger partial charge in [-0.3, -0.25) is 0 Å². The van der Waals surface area contributed by atoms with E-state index >= 15 is 0 Å². The largest absolute Gasteiger partial charge is 0.424 e. The lowest BCUT2D eigenvalue weighted by Gasteiger charge is -2.17. The zero-order valence-corrected chi connectivity index (χ0v) is 15.9. The van der Waals surface area contributed by atoms with Gasteiger partial charge in [-0.05, 0) is 42.5 Å². The summed E-state index contributed by atoms with van der Waals surface area (Å²) in [6, 6.07) is 16.3. The van der Waals surface area contributed by atoms with Gasteiger partial charge in [0, 0.05) is 11.8 Å². The molecule has 8 heteroatoms. The van der Waals surface area contributed by atoms with E-state index in [2.05, 4.69) is 15.0 Å². The summed E-state index contributed by atoms with van der Waals surface area (Å²) >= 11 is 0. The van der Waals surface area contributed by atoms with Crippen molar-refractivity contribution in [1.29, 1.82) is 0 Å². The van der Waals surface area contributed by atoms with Crippen molar-refractivity contribution in [2.24, 2.45) is 0 Å². The van der Waals surface area contributed by atoms with Gasteiger partial charge < -0.3 is 19.5 Å². The Labute approximate surface area is 172 Å². The number of para-hydroxylation sites is 1. The van der Waals surface area contributed by atoms with Crippen molar-refractivity contribution in [2.75, 3.05) is 13.2 Å². The van der Waals surface area contributed by atoms with E-state index in [9.17, 15) is 14.6 Å². The summed E-state index contributed by atoms with van der Waals surface area (Å²) in [5, 5.41) is 19.4. The van der Waals surface area contributed by atoms with Crippen molar-refractivity contribution in [1.82, 2.24) is 19.5 Å². The van der Waals surface area contributed by atoms with E-state index in [1.807, 2.05) is 18.2 Å². The van der Waals surface area contributed by atoms with Crippen molar-refractivity contribution >= 4 is 0 Å². The van der Waals surface area contributed by atoms with Gasteiger partial charge in [0.15, 0.2) is 0 Å². The SMILES string of the molecule is OCC(CO)n1cnc(-c2ccc(F)cc2)c1-c1ccnc(Oc2ccccc2)n1. The van der Waals surface area contributed by atoms with Crippen LogP contribution in [0.5, 0.6) is 11.8 Å². The molecule has 0 radical (unpaired) electrons. The van der Waals surface area contributed by atoms with Gasteiger partial charge in [-0.15, -0.1) is 0 Å². The summed E-state index contributed by atoms with van der Waals surface area (Å²) in [6.07, 6.45) is 3.07. The molecule has 0 atom stereocenters. The number of hydrogen-bond donors (Lipinski definition) is 2. The average Bonchev–Trinajstić information content (AvgIpc) is 3.21. The van der Waals surface area contributed by atoms with E-state index in [4.69, 9.17) is 4.74 Å². The van der Waals surface area contributed by atoms with Crippen molar-refractivity contribution < 1.29 is 19.3 Å². The quantitative estimate of drug-likeness (QED) is 0.488. The Morgan fingerprint density at radius 1 is 0.933 bits per heavy atom. The van der Waals surface area contributed by atoms with Crippen molar-refractivity contribution in [3.8, 4) is 34.4 Å². The van der Waals surface area contributed by atoms with Crippen LogP contribution in [0.3, 0.4) is 0 Å². The number of aliphatic hydroxyl groups excluding tert-OH is 2. The Hall–Kier alpha value is -3.62. The second kappa shape index (κ2) is 8.81. The van der Waals surface area contributed by atoms with E-state index in [0.29, 0.717) is 28.4 Å². The Bertz CT molecular complexity index is 1110. The number of rotatable bonds is 7. The smallest absolute Gasteiger partial charge is 0.322 e. The van der Waals surface area contributed by atoms with Crippen LogP contribution in [0, 0.1) is 5.82 Å². The van der Waals surface area contributed by atoms with Gasteiger partial charge in [0.25, 0.3) is 0 Å². The first-order valence-corrected chi connectivity index (χ1v) is 9.30. The average molecular weight is 406 g/mol. The number of benzene rings is 2. The van der Waals surface area contributed by atoms with Crippen LogP contribution in [0.15, 0.2) is 73.2 Å². The third-order valence-electron chi connectivity index (χ3n) is 4.55. The highest BCUT2D eigenvalue weighted by molar-refractivity contribution is 5.77. The highest BCUT2D eigenvalue weighted by Crippen LogP contribution is 2.33. The number of aromatic nitrogens is 4. The first-order chi connectivity index (χ1) is 14.7.